The summed E-state index contributed by atoms with van der Waals surface area (Å²) in [7, 11) is 1.81. The molecule has 1 aliphatic heterocycles. The van der Waals surface area contributed by atoms with Crippen LogP contribution in [-0.4, -0.2) is 61.9 Å². The Balaban J connectivity index is 1.43. The van der Waals surface area contributed by atoms with Gasteiger partial charge in [0.05, 0.1) is 24.6 Å². The summed E-state index contributed by atoms with van der Waals surface area (Å²) in [6, 6.07) is 0. The molecule has 0 aromatic carbocycles. The van der Waals surface area contributed by atoms with E-state index in [1.54, 1.807) is 32.9 Å². The Morgan fingerprint density at radius 3 is 2.84 bits per heavy atom. The Labute approximate surface area is 143 Å². The predicted octanol–water partition coefficient (Wildman–Crippen LogP) is 1.49. The van der Waals surface area contributed by atoms with Crippen molar-refractivity contribution in [3.8, 4) is 5.69 Å². The third-order valence-corrected chi connectivity index (χ3v) is 4.82. The number of ether oxygens (including phenoxy) is 1. The van der Waals surface area contributed by atoms with E-state index in [1.165, 1.54) is 0 Å². The molecule has 134 valence electrons. The normalized spacial score (nSPS) is 23.5. The van der Waals surface area contributed by atoms with Gasteiger partial charge in [0, 0.05) is 45.4 Å². The van der Waals surface area contributed by atoms with Crippen molar-refractivity contribution in [2.75, 3.05) is 19.7 Å². The summed E-state index contributed by atoms with van der Waals surface area (Å²) in [5.74, 6) is -2.97. The molecule has 1 aliphatic carbocycles. The summed E-state index contributed by atoms with van der Waals surface area (Å²) < 4.78 is 35.1. The number of imidazole rings is 1. The van der Waals surface area contributed by atoms with E-state index in [-0.39, 0.29) is 30.8 Å². The predicted molar refractivity (Wildman–Crippen MR) is 83.6 cm³/mol. The maximum Gasteiger partial charge on any atom is 0.274 e. The van der Waals surface area contributed by atoms with Gasteiger partial charge in [-0.2, -0.15) is 5.10 Å². The molecule has 3 heterocycles. The molecule has 4 rings (SSSR count). The molecule has 1 saturated carbocycles. The van der Waals surface area contributed by atoms with E-state index in [2.05, 4.69) is 10.1 Å². The molecule has 7 nitrogen and oxygen atoms in total. The van der Waals surface area contributed by atoms with Crippen LogP contribution < -0.4 is 0 Å². The first kappa shape index (κ1) is 16.2. The number of hydrogen-bond acceptors (Lipinski definition) is 4. The Bertz CT molecular complexity index is 779. The Morgan fingerprint density at radius 2 is 2.16 bits per heavy atom. The third kappa shape index (κ3) is 3.15. The number of halogens is 2. The summed E-state index contributed by atoms with van der Waals surface area (Å²) in [5.41, 5.74) is 1.13. The highest BCUT2D eigenvalue weighted by Gasteiger charge is 2.50. The monoisotopic (exact) mass is 351 g/mol. The molecule has 0 radical (unpaired) electrons. The molecule has 25 heavy (non-hydrogen) atoms. The highest BCUT2D eigenvalue weighted by atomic mass is 19.3. The lowest BCUT2D eigenvalue weighted by molar-refractivity contribution is -0.164. The lowest BCUT2D eigenvalue weighted by atomic mass is 9.77. The minimum atomic E-state index is -2.58. The van der Waals surface area contributed by atoms with Crippen molar-refractivity contribution in [1.82, 2.24) is 24.2 Å². The van der Waals surface area contributed by atoms with Gasteiger partial charge in [-0.3, -0.25) is 9.48 Å². The van der Waals surface area contributed by atoms with Crippen molar-refractivity contribution < 1.29 is 18.3 Å². The molecule has 0 spiro atoms. The summed E-state index contributed by atoms with van der Waals surface area (Å²) in [6.07, 6.45) is 6.08. The lowest BCUT2D eigenvalue weighted by Crippen LogP contribution is -2.53. The number of carbonyl (C=O) groups excluding carboxylic acids is 1. The fraction of sp³-hybridized carbons (Fsp3) is 0.562. The molecule has 2 aromatic rings. The van der Waals surface area contributed by atoms with Crippen LogP contribution in [0.4, 0.5) is 8.78 Å². The van der Waals surface area contributed by atoms with Crippen LogP contribution in [-0.2, 0) is 11.8 Å². The maximum atomic E-state index is 13.1. The van der Waals surface area contributed by atoms with Crippen molar-refractivity contribution in [3.63, 3.8) is 0 Å². The molecule has 9 heteroatoms. The van der Waals surface area contributed by atoms with E-state index in [4.69, 9.17) is 4.74 Å². The summed E-state index contributed by atoms with van der Waals surface area (Å²) in [5, 5.41) is 4.09. The average Bonchev–Trinajstić information content (AvgIpc) is 3.21. The van der Waals surface area contributed by atoms with Gasteiger partial charge in [0.25, 0.3) is 5.91 Å². The van der Waals surface area contributed by atoms with E-state index in [9.17, 15) is 13.6 Å². The number of nitrogens with zero attached hydrogens (tertiary/aromatic N) is 5. The minimum absolute atomic E-state index is 0.157. The zero-order valence-corrected chi connectivity index (χ0v) is 13.8. The number of aromatic nitrogens is 4. The van der Waals surface area contributed by atoms with Crippen LogP contribution in [0.3, 0.4) is 0 Å². The van der Waals surface area contributed by atoms with E-state index in [0.29, 0.717) is 25.4 Å². The van der Waals surface area contributed by atoms with Crippen molar-refractivity contribution in [1.29, 1.82) is 0 Å². The SMILES string of the molecule is Cn1cc(-n2cnc(C(=O)N3CCOC(C4CC(F)(F)C4)C3)c2)cn1. The second-order valence-electron chi connectivity index (χ2n) is 6.72. The van der Waals surface area contributed by atoms with E-state index < -0.39 is 5.92 Å². The Morgan fingerprint density at radius 1 is 1.36 bits per heavy atom. The zero-order valence-electron chi connectivity index (χ0n) is 13.8. The molecule has 0 bridgehead atoms. The number of carbonyl (C=O) groups is 1. The van der Waals surface area contributed by atoms with Gasteiger partial charge in [0.1, 0.15) is 12.0 Å². The summed E-state index contributed by atoms with van der Waals surface area (Å²) in [6.45, 7) is 1.14. The standard InChI is InChI=1S/C16H19F2N5O2/c1-21-7-12(6-20-21)23-8-13(19-10-23)15(24)22-2-3-25-14(9-22)11-4-16(17,18)5-11/h6-8,10-11,14H,2-5,9H2,1H3. The molecule has 2 fully saturated rings. The average molecular weight is 351 g/mol. The van der Waals surface area contributed by atoms with Crippen LogP contribution in [0.15, 0.2) is 24.9 Å². The van der Waals surface area contributed by atoms with Gasteiger partial charge in [-0.1, -0.05) is 0 Å². The highest BCUT2D eigenvalue weighted by Crippen LogP contribution is 2.45. The fourth-order valence-corrected chi connectivity index (χ4v) is 3.39. The van der Waals surface area contributed by atoms with Crippen LogP contribution in [0.5, 0.6) is 0 Å². The molecule has 1 amide bonds. The van der Waals surface area contributed by atoms with Gasteiger partial charge in [-0.25, -0.2) is 13.8 Å². The molecule has 0 N–H and O–H groups in total. The fourth-order valence-electron chi connectivity index (χ4n) is 3.39. The largest absolute Gasteiger partial charge is 0.374 e. The first-order valence-corrected chi connectivity index (χ1v) is 8.23. The van der Waals surface area contributed by atoms with Gasteiger partial charge in [0.15, 0.2) is 0 Å². The summed E-state index contributed by atoms with van der Waals surface area (Å²) in [4.78, 5) is 18.5. The number of morpholine rings is 1. The third-order valence-electron chi connectivity index (χ3n) is 4.82. The van der Waals surface area contributed by atoms with Crippen LogP contribution in [0.25, 0.3) is 5.69 Å². The van der Waals surface area contributed by atoms with Gasteiger partial charge in [-0.15, -0.1) is 0 Å². The van der Waals surface area contributed by atoms with E-state index >= 15 is 0 Å². The molecule has 1 atom stereocenters. The van der Waals surface area contributed by atoms with Crippen LogP contribution >= 0.6 is 0 Å². The smallest absolute Gasteiger partial charge is 0.274 e. The van der Waals surface area contributed by atoms with Crippen LogP contribution in [0.1, 0.15) is 23.3 Å². The second kappa shape index (κ2) is 5.91. The van der Waals surface area contributed by atoms with Gasteiger partial charge in [-0.05, 0) is 5.92 Å². The Hall–Kier alpha value is -2.29. The first-order valence-electron chi connectivity index (χ1n) is 8.23. The van der Waals surface area contributed by atoms with Gasteiger partial charge >= 0.3 is 0 Å². The lowest BCUT2D eigenvalue weighted by Gasteiger charge is -2.43. The van der Waals surface area contributed by atoms with E-state index in [1.807, 2.05) is 13.2 Å². The molecule has 1 unspecified atom stereocenters. The molecule has 1 saturated heterocycles. The highest BCUT2D eigenvalue weighted by molar-refractivity contribution is 5.92. The number of aryl methyl sites for hydroxylation is 1. The van der Waals surface area contributed by atoms with Crippen molar-refractivity contribution >= 4 is 5.91 Å². The number of amides is 1. The van der Waals surface area contributed by atoms with E-state index in [0.717, 1.165) is 5.69 Å². The second-order valence-corrected chi connectivity index (χ2v) is 6.72. The van der Waals surface area contributed by atoms with Crippen molar-refractivity contribution in [2.24, 2.45) is 13.0 Å². The van der Waals surface area contributed by atoms with Crippen LogP contribution in [0, 0.1) is 5.92 Å². The zero-order chi connectivity index (χ0) is 17.6. The van der Waals surface area contributed by atoms with Crippen molar-refractivity contribution in [2.45, 2.75) is 24.9 Å². The quantitative estimate of drug-likeness (QED) is 0.840. The number of hydrogen-bond donors (Lipinski definition) is 0. The van der Waals surface area contributed by atoms with Crippen LogP contribution in [0.2, 0.25) is 0 Å². The first-order chi connectivity index (χ1) is 11.9. The minimum Gasteiger partial charge on any atom is -0.374 e. The van der Waals surface area contributed by atoms with Gasteiger partial charge in [0.2, 0.25) is 5.92 Å². The molecular formula is C16H19F2N5O2. The van der Waals surface area contributed by atoms with Crippen molar-refractivity contribution in [3.05, 3.63) is 30.6 Å². The molecule has 2 aliphatic rings. The molecular weight excluding hydrogens is 332 g/mol. The molecule has 2 aromatic heterocycles. The summed E-state index contributed by atoms with van der Waals surface area (Å²) >= 11 is 0. The topological polar surface area (TPSA) is 65.2 Å². The maximum absolute atomic E-state index is 13.1. The Kier molecular flexibility index (Phi) is 3.82. The number of alkyl halides is 2. The number of rotatable bonds is 3. The van der Waals surface area contributed by atoms with Gasteiger partial charge < -0.3 is 14.2 Å².